The molecule has 160 valence electrons. The average molecular weight is 419 g/mol. The number of rotatable bonds is 7. The number of carbonyl (C=O) groups is 2. The molecule has 1 saturated carbocycles. The van der Waals surface area contributed by atoms with Gasteiger partial charge in [0, 0.05) is 49.2 Å². The lowest BCUT2D eigenvalue weighted by molar-refractivity contribution is 0.0936. The predicted octanol–water partition coefficient (Wildman–Crippen LogP) is 1.78. The van der Waals surface area contributed by atoms with Crippen molar-refractivity contribution in [3.05, 3.63) is 58.8 Å². The second kappa shape index (κ2) is 9.03. The van der Waals surface area contributed by atoms with Gasteiger partial charge in [0.25, 0.3) is 11.8 Å². The maximum Gasteiger partial charge on any atom is 0.270 e. The summed E-state index contributed by atoms with van der Waals surface area (Å²) in [7, 11) is 0. The van der Waals surface area contributed by atoms with Gasteiger partial charge in [-0.1, -0.05) is 6.07 Å². The maximum absolute atomic E-state index is 12.5. The Morgan fingerprint density at radius 2 is 2.00 bits per heavy atom. The van der Waals surface area contributed by atoms with E-state index in [2.05, 4.69) is 30.7 Å². The van der Waals surface area contributed by atoms with E-state index in [4.69, 9.17) is 0 Å². The van der Waals surface area contributed by atoms with E-state index < -0.39 is 0 Å². The summed E-state index contributed by atoms with van der Waals surface area (Å²) in [5, 5.41) is 10.0. The highest BCUT2D eigenvalue weighted by molar-refractivity contribution is 6.17. The second-order valence-electron chi connectivity index (χ2n) is 7.93. The average Bonchev–Trinajstić information content (AvgIpc) is 3.39. The van der Waals surface area contributed by atoms with E-state index in [1.807, 2.05) is 24.7 Å². The molecular formula is C22H25N7O2. The zero-order valence-corrected chi connectivity index (χ0v) is 17.6. The van der Waals surface area contributed by atoms with Gasteiger partial charge in [0.15, 0.2) is 0 Å². The second-order valence-corrected chi connectivity index (χ2v) is 7.93. The van der Waals surface area contributed by atoms with Crippen LogP contribution >= 0.6 is 0 Å². The van der Waals surface area contributed by atoms with Crippen LogP contribution in [0.1, 0.15) is 46.8 Å². The number of aromatic nitrogens is 3. The smallest absolute Gasteiger partial charge is 0.270 e. The number of pyridine rings is 1. The fraction of sp³-hybridized carbons (Fsp3) is 0.364. The quantitative estimate of drug-likeness (QED) is 0.712. The normalized spacial score (nSPS) is 19.5. The zero-order valence-electron chi connectivity index (χ0n) is 17.6. The molecule has 0 aromatic carbocycles. The van der Waals surface area contributed by atoms with E-state index in [0.717, 1.165) is 24.2 Å². The van der Waals surface area contributed by atoms with Crippen molar-refractivity contribution in [1.29, 1.82) is 0 Å². The molecule has 4 rings (SSSR count). The fourth-order valence-corrected chi connectivity index (χ4v) is 3.39. The van der Waals surface area contributed by atoms with Crippen molar-refractivity contribution in [3.8, 4) is 0 Å². The van der Waals surface area contributed by atoms with Crippen LogP contribution in [0.4, 0.5) is 0 Å². The van der Waals surface area contributed by atoms with E-state index in [1.54, 1.807) is 36.8 Å². The van der Waals surface area contributed by atoms with Crippen LogP contribution in [0.2, 0.25) is 0 Å². The Kier molecular flexibility index (Phi) is 6.01. The van der Waals surface area contributed by atoms with Gasteiger partial charge in [-0.2, -0.15) is 5.10 Å². The van der Waals surface area contributed by atoms with Crippen LogP contribution in [0.5, 0.6) is 0 Å². The van der Waals surface area contributed by atoms with E-state index >= 15 is 0 Å². The van der Waals surface area contributed by atoms with Gasteiger partial charge >= 0.3 is 0 Å². The van der Waals surface area contributed by atoms with Gasteiger partial charge in [0.05, 0.1) is 18.4 Å². The minimum Gasteiger partial charge on any atom is -0.349 e. The summed E-state index contributed by atoms with van der Waals surface area (Å²) in [4.78, 5) is 37.4. The molecule has 0 saturated heterocycles. The molecule has 31 heavy (non-hydrogen) atoms. The minimum atomic E-state index is -0.336. The summed E-state index contributed by atoms with van der Waals surface area (Å²) < 4.78 is 1.89. The van der Waals surface area contributed by atoms with Crippen LogP contribution in [0.15, 0.2) is 51.8 Å². The highest BCUT2D eigenvalue weighted by Gasteiger charge is 2.33. The summed E-state index contributed by atoms with van der Waals surface area (Å²) in [6.45, 7) is 5.52. The number of carbonyl (C=O) groups excluding carboxylic acids is 2. The van der Waals surface area contributed by atoms with Crippen molar-refractivity contribution in [1.82, 2.24) is 25.4 Å². The molecule has 0 spiro atoms. The van der Waals surface area contributed by atoms with Crippen molar-refractivity contribution < 1.29 is 9.59 Å². The fourth-order valence-electron chi connectivity index (χ4n) is 3.39. The Hall–Kier alpha value is -3.62. The third-order valence-electron chi connectivity index (χ3n) is 4.99. The summed E-state index contributed by atoms with van der Waals surface area (Å²) >= 11 is 0. The summed E-state index contributed by atoms with van der Waals surface area (Å²) in [6, 6.07) is 4.82. The lowest BCUT2D eigenvalue weighted by Gasteiger charge is -2.08. The molecule has 1 fully saturated rings. The SMILES string of the molecule is CC(C)NC(=O)c1cccc(C(=O)NCc2cnn(CC3C/C3=C3\CN=CC=N3)c2)n1. The minimum absolute atomic E-state index is 0.00451. The number of hydrogen-bond donors (Lipinski definition) is 2. The van der Waals surface area contributed by atoms with E-state index in [1.165, 1.54) is 5.57 Å². The number of amides is 2. The summed E-state index contributed by atoms with van der Waals surface area (Å²) in [6.07, 6.45) is 8.17. The Labute approximate surface area is 180 Å². The molecule has 2 aromatic heterocycles. The van der Waals surface area contributed by atoms with Gasteiger partial charge in [-0.05, 0) is 38.0 Å². The molecule has 0 radical (unpaired) electrons. The van der Waals surface area contributed by atoms with Gasteiger partial charge in [-0.3, -0.25) is 24.3 Å². The maximum atomic E-state index is 12.5. The highest BCUT2D eigenvalue weighted by atomic mass is 16.2. The zero-order chi connectivity index (χ0) is 21.8. The first-order chi connectivity index (χ1) is 15.0. The van der Waals surface area contributed by atoms with Crippen LogP contribution in [-0.4, -0.2) is 51.6 Å². The van der Waals surface area contributed by atoms with Gasteiger partial charge in [0.2, 0.25) is 0 Å². The van der Waals surface area contributed by atoms with E-state index in [-0.39, 0.29) is 29.2 Å². The van der Waals surface area contributed by atoms with Crippen LogP contribution in [0.3, 0.4) is 0 Å². The van der Waals surface area contributed by atoms with E-state index in [0.29, 0.717) is 19.0 Å². The molecule has 2 aliphatic rings. The molecule has 9 nitrogen and oxygen atoms in total. The third-order valence-corrected chi connectivity index (χ3v) is 4.99. The van der Waals surface area contributed by atoms with Crippen molar-refractivity contribution in [3.63, 3.8) is 0 Å². The standard InChI is InChI=1S/C22H25N7O2/c1-14(2)27-22(31)19-5-3-4-18(28-19)21(30)25-9-15-10-26-29(12-15)13-16-8-17(16)20-11-23-6-7-24-20/h3-7,10,12,14,16H,8-9,11,13H2,1-2H3,(H,25,30)(H,27,31)/b20-17-. The molecule has 1 aliphatic carbocycles. The topological polar surface area (TPSA) is 114 Å². The Balaban J connectivity index is 1.30. The van der Waals surface area contributed by atoms with Gasteiger partial charge in [0.1, 0.15) is 11.4 Å². The monoisotopic (exact) mass is 419 g/mol. The predicted molar refractivity (Wildman–Crippen MR) is 117 cm³/mol. The van der Waals surface area contributed by atoms with Crippen molar-refractivity contribution in [2.45, 2.75) is 39.4 Å². The first-order valence-corrected chi connectivity index (χ1v) is 10.3. The lowest BCUT2D eigenvalue weighted by Crippen LogP contribution is -2.31. The molecule has 9 heteroatoms. The summed E-state index contributed by atoms with van der Waals surface area (Å²) in [5.41, 5.74) is 3.75. The number of hydrogen-bond acceptors (Lipinski definition) is 6. The Bertz CT molecular complexity index is 1080. The van der Waals surface area contributed by atoms with Crippen LogP contribution in [0, 0.1) is 5.92 Å². The Morgan fingerprint density at radius 3 is 2.74 bits per heavy atom. The lowest BCUT2D eigenvalue weighted by atomic mass is 10.2. The Morgan fingerprint density at radius 1 is 1.19 bits per heavy atom. The molecule has 1 atom stereocenters. The number of nitrogens with zero attached hydrogens (tertiary/aromatic N) is 5. The van der Waals surface area contributed by atoms with Crippen molar-refractivity contribution >= 4 is 24.2 Å². The molecule has 0 bridgehead atoms. The summed E-state index contributed by atoms with van der Waals surface area (Å²) in [5.74, 6) is -0.186. The molecule has 2 amide bonds. The van der Waals surface area contributed by atoms with Crippen molar-refractivity contribution in [2.24, 2.45) is 15.9 Å². The molecule has 2 N–H and O–H groups in total. The van der Waals surface area contributed by atoms with Crippen LogP contribution < -0.4 is 10.6 Å². The van der Waals surface area contributed by atoms with Gasteiger partial charge in [-0.25, -0.2) is 4.98 Å². The first kappa shape index (κ1) is 20.6. The van der Waals surface area contributed by atoms with Gasteiger partial charge < -0.3 is 10.6 Å². The largest absolute Gasteiger partial charge is 0.349 e. The molecule has 3 heterocycles. The van der Waals surface area contributed by atoms with Crippen LogP contribution in [-0.2, 0) is 13.1 Å². The van der Waals surface area contributed by atoms with Crippen LogP contribution in [0.25, 0.3) is 0 Å². The molecule has 1 aliphatic heterocycles. The van der Waals surface area contributed by atoms with E-state index in [9.17, 15) is 9.59 Å². The number of allylic oxidation sites excluding steroid dienone is 1. The number of nitrogens with one attached hydrogen (secondary N) is 2. The molecular weight excluding hydrogens is 394 g/mol. The molecule has 1 unspecified atom stereocenters. The number of aliphatic imine (C=N–C) groups is 2. The highest BCUT2D eigenvalue weighted by Crippen LogP contribution is 2.42. The first-order valence-electron chi connectivity index (χ1n) is 10.3. The van der Waals surface area contributed by atoms with Gasteiger partial charge in [-0.15, -0.1) is 0 Å². The molecule has 2 aromatic rings. The van der Waals surface area contributed by atoms with Crippen molar-refractivity contribution in [2.75, 3.05) is 6.54 Å². The third kappa shape index (κ3) is 5.30.